The van der Waals surface area contributed by atoms with Crippen molar-refractivity contribution in [1.29, 1.82) is 0 Å². The highest BCUT2D eigenvalue weighted by Crippen LogP contribution is 2.24. The third-order valence-corrected chi connectivity index (χ3v) is 1.54. The molecule has 0 saturated carbocycles. The van der Waals surface area contributed by atoms with Gasteiger partial charge in [-0.25, -0.2) is 4.79 Å². The number of allylic oxidation sites excluding steroid dienone is 1. The molecule has 0 aliphatic rings. The Morgan fingerprint density at radius 2 is 2.08 bits per heavy atom. The lowest BCUT2D eigenvalue weighted by Crippen LogP contribution is -2.04. The summed E-state index contributed by atoms with van der Waals surface area (Å²) >= 11 is 0. The summed E-state index contributed by atoms with van der Waals surface area (Å²) in [5.74, 6) is 0.322. The molecule has 0 spiro atoms. The average Bonchev–Trinajstić information content (AvgIpc) is 2.03. The quantitative estimate of drug-likeness (QED) is 0.559. The summed E-state index contributed by atoms with van der Waals surface area (Å²) in [7, 11) is 0. The zero-order chi connectivity index (χ0) is 9.84. The molecule has 0 amide bonds. The zero-order valence-corrected chi connectivity index (χ0v) is 7.28. The number of ether oxygens (including phenoxy) is 1. The van der Waals surface area contributed by atoms with E-state index in [1.54, 1.807) is 31.2 Å². The summed E-state index contributed by atoms with van der Waals surface area (Å²) < 4.78 is 4.56. The molecule has 1 aromatic rings. The van der Waals surface area contributed by atoms with Gasteiger partial charge in [0.2, 0.25) is 0 Å². The van der Waals surface area contributed by atoms with Crippen LogP contribution in [0.5, 0.6) is 5.75 Å². The molecule has 0 heterocycles. The number of rotatable bonds is 2. The van der Waals surface area contributed by atoms with Gasteiger partial charge in [0, 0.05) is 5.56 Å². The van der Waals surface area contributed by atoms with Crippen LogP contribution in [-0.2, 0) is 0 Å². The standard InChI is InChI=1S/C10H10O3/c1-7(2)8-5-3-4-6-9(8)13-10(11)12/h3-6H,1H2,2H3,(H,11,12). The van der Waals surface area contributed by atoms with Gasteiger partial charge in [0.1, 0.15) is 5.75 Å². The van der Waals surface area contributed by atoms with Gasteiger partial charge in [0.05, 0.1) is 0 Å². The van der Waals surface area contributed by atoms with Gasteiger partial charge in [-0.2, -0.15) is 0 Å². The van der Waals surface area contributed by atoms with Gasteiger partial charge in [-0.05, 0) is 18.6 Å². The second kappa shape index (κ2) is 3.76. The lowest BCUT2D eigenvalue weighted by atomic mass is 10.1. The van der Waals surface area contributed by atoms with Gasteiger partial charge in [-0.3, -0.25) is 0 Å². The molecule has 0 radical (unpaired) electrons. The van der Waals surface area contributed by atoms with Crippen LogP contribution in [0.25, 0.3) is 5.57 Å². The summed E-state index contributed by atoms with van der Waals surface area (Å²) in [5.41, 5.74) is 1.49. The lowest BCUT2D eigenvalue weighted by Gasteiger charge is -2.06. The first-order chi connectivity index (χ1) is 6.11. The largest absolute Gasteiger partial charge is 0.511 e. The fourth-order valence-corrected chi connectivity index (χ4v) is 1.00. The molecule has 1 aromatic carbocycles. The molecule has 0 aliphatic heterocycles. The van der Waals surface area contributed by atoms with Crippen molar-refractivity contribution in [2.45, 2.75) is 6.92 Å². The van der Waals surface area contributed by atoms with Crippen molar-refractivity contribution in [3.05, 3.63) is 36.4 Å². The van der Waals surface area contributed by atoms with Crippen molar-refractivity contribution in [2.24, 2.45) is 0 Å². The number of benzene rings is 1. The highest BCUT2D eigenvalue weighted by molar-refractivity contribution is 5.71. The SMILES string of the molecule is C=C(C)c1ccccc1OC(=O)O. The van der Waals surface area contributed by atoms with Gasteiger partial charge >= 0.3 is 6.16 Å². The molecule has 13 heavy (non-hydrogen) atoms. The van der Waals surface area contributed by atoms with E-state index in [1.165, 1.54) is 0 Å². The average molecular weight is 178 g/mol. The monoisotopic (exact) mass is 178 g/mol. The van der Waals surface area contributed by atoms with Gasteiger partial charge in [-0.15, -0.1) is 0 Å². The summed E-state index contributed by atoms with van der Waals surface area (Å²) in [6.45, 7) is 5.52. The Morgan fingerprint density at radius 3 is 2.62 bits per heavy atom. The topological polar surface area (TPSA) is 46.5 Å². The van der Waals surface area contributed by atoms with E-state index >= 15 is 0 Å². The highest BCUT2D eigenvalue weighted by atomic mass is 16.7. The molecule has 1 rings (SSSR count). The maximum Gasteiger partial charge on any atom is 0.511 e. The maximum absolute atomic E-state index is 10.3. The summed E-state index contributed by atoms with van der Waals surface area (Å²) in [5, 5.41) is 8.42. The molecule has 0 aliphatic carbocycles. The Hall–Kier alpha value is -1.77. The Balaban J connectivity index is 3.04. The zero-order valence-electron chi connectivity index (χ0n) is 7.28. The van der Waals surface area contributed by atoms with Crippen LogP contribution in [0.3, 0.4) is 0 Å². The van der Waals surface area contributed by atoms with Crippen LogP contribution < -0.4 is 4.74 Å². The first-order valence-electron chi connectivity index (χ1n) is 3.77. The van der Waals surface area contributed by atoms with Crippen LogP contribution in [0.4, 0.5) is 4.79 Å². The van der Waals surface area contributed by atoms with E-state index in [0.717, 1.165) is 5.57 Å². The molecular formula is C10H10O3. The van der Waals surface area contributed by atoms with Crippen molar-refractivity contribution < 1.29 is 14.6 Å². The predicted octanol–water partition coefficient (Wildman–Crippen LogP) is 2.78. The number of carbonyl (C=O) groups is 1. The molecule has 0 bridgehead atoms. The van der Waals surface area contributed by atoms with Crippen molar-refractivity contribution in [3.63, 3.8) is 0 Å². The van der Waals surface area contributed by atoms with E-state index in [4.69, 9.17) is 5.11 Å². The summed E-state index contributed by atoms with van der Waals surface area (Å²) in [6.07, 6.45) is -1.31. The van der Waals surface area contributed by atoms with Crippen molar-refractivity contribution >= 4 is 11.7 Å². The van der Waals surface area contributed by atoms with Crippen LogP contribution >= 0.6 is 0 Å². The van der Waals surface area contributed by atoms with E-state index in [9.17, 15) is 4.79 Å². The molecule has 68 valence electrons. The molecule has 0 unspecified atom stereocenters. The van der Waals surface area contributed by atoms with E-state index in [-0.39, 0.29) is 0 Å². The van der Waals surface area contributed by atoms with E-state index in [2.05, 4.69) is 11.3 Å². The third kappa shape index (κ3) is 2.33. The Kier molecular flexibility index (Phi) is 2.69. The maximum atomic E-state index is 10.3. The van der Waals surface area contributed by atoms with E-state index < -0.39 is 6.16 Å². The summed E-state index contributed by atoms with van der Waals surface area (Å²) in [4.78, 5) is 10.3. The molecule has 1 N–H and O–H groups in total. The lowest BCUT2D eigenvalue weighted by molar-refractivity contribution is 0.144. The second-order valence-corrected chi connectivity index (χ2v) is 2.64. The number of hydrogen-bond acceptors (Lipinski definition) is 2. The fourth-order valence-electron chi connectivity index (χ4n) is 1.00. The van der Waals surface area contributed by atoms with Crippen molar-refractivity contribution in [2.75, 3.05) is 0 Å². The molecule has 0 fully saturated rings. The van der Waals surface area contributed by atoms with Crippen molar-refractivity contribution in [1.82, 2.24) is 0 Å². The second-order valence-electron chi connectivity index (χ2n) is 2.64. The first-order valence-corrected chi connectivity index (χ1v) is 3.77. The third-order valence-electron chi connectivity index (χ3n) is 1.54. The van der Waals surface area contributed by atoms with Gasteiger partial charge < -0.3 is 9.84 Å². The van der Waals surface area contributed by atoms with Crippen LogP contribution in [0, 0.1) is 0 Å². The summed E-state index contributed by atoms with van der Waals surface area (Å²) in [6, 6.07) is 6.88. The molecule has 3 heteroatoms. The Labute approximate surface area is 76.3 Å². The van der Waals surface area contributed by atoms with Gasteiger partial charge in [-0.1, -0.05) is 24.8 Å². The molecule has 0 aromatic heterocycles. The minimum atomic E-state index is -1.31. The van der Waals surface area contributed by atoms with E-state index in [1.807, 2.05) is 0 Å². The van der Waals surface area contributed by atoms with Crippen molar-refractivity contribution in [3.8, 4) is 5.75 Å². The number of hydrogen-bond donors (Lipinski definition) is 1. The predicted molar refractivity (Wildman–Crippen MR) is 49.8 cm³/mol. The Morgan fingerprint density at radius 1 is 1.46 bits per heavy atom. The normalized spacial score (nSPS) is 9.31. The van der Waals surface area contributed by atoms with Crippen LogP contribution in [-0.4, -0.2) is 11.3 Å². The molecule has 0 saturated heterocycles. The van der Waals surface area contributed by atoms with Crippen LogP contribution in [0.15, 0.2) is 30.8 Å². The molecular weight excluding hydrogens is 168 g/mol. The smallest absolute Gasteiger partial charge is 0.449 e. The van der Waals surface area contributed by atoms with Gasteiger partial charge in [0.15, 0.2) is 0 Å². The fraction of sp³-hybridized carbons (Fsp3) is 0.100. The number of para-hydroxylation sites is 1. The molecule has 3 nitrogen and oxygen atoms in total. The first kappa shape index (κ1) is 9.32. The number of carboxylic acid groups (broad SMARTS) is 1. The minimum Gasteiger partial charge on any atom is -0.449 e. The van der Waals surface area contributed by atoms with Gasteiger partial charge in [0.25, 0.3) is 0 Å². The minimum absolute atomic E-state index is 0.322. The van der Waals surface area contributed by atoms with E-state index in [0.29, 0.717) is 11.3 Å². The highest BCUT2D eigenvalue weighted by Gasteiger charge is 2.06. The Bertz CT molecular complexity index is 342. The van der Waals surface area contributed by atoms with Crippen LogP contribution in [0.2, 0.25) is 0 Å². The van der Waals surface area contributed by atoms with Crippen LogP contribution in [0.1, 0.15) is 12.5 Å². The molecule has 0 atom stereocenters.